The van der Waals surface area contributed by atoms with E-state index in [1.54, 1.807) is 17.0 Å². The molecule has 0 fully saturated rings. The first kappa shape index (κ1) is 41.0. The van der Waals surface area contributed by atoms with Crippen LogP contribution in [0, 0.1) is 0 Å². The van der Waals surface area contributed by atoms with E-state index in [1.165, 1.54) is 0 Å². The predicted octanol–water partition coefficient (Wildman–Crippen LogP) is 6.88. The lowest BCUT2D eigenvalue weighted by Crippen LogP contribution is -2.45. The van der Waals surface area contributed by atoms with Gasteiger partial charge in [-0.2, -0.15) is 0 Å². The summed E-state index contributed by atoms with van der Waals surface area (Å²) in [6.07, 6.45) is 0.874. The molecule has 0 radical (unpaired) electrons. The number of likely N-dealkylation sites (N-methyl/N-ethyl adjacent to an activating group) is 1. The number of rotatable bonds is 22. The highest BCUT2D eigenvalue weighted by atomic mass is 32.1. The smallest absolute Gasteiger partial charge is 0.410 e. The minimum absolute atomic E-state index is 0.00137. The average Bonchev–Trinajstić information content (AvgIpc) is 3.62. The number of nitrogens with zero attached hydrogens (tertiary/aromatic N) is 3. The minimum Gasteiger partial charge on any atom is -0.506 e. The molecule has 0 bridgehead atoms. The van der Waals surface area contributed by atoms with E-state index in [9.17, 15) is 19.5 Å². The van der Waals surface area contributed by atoms with Crippen molar-refractivity contribution >= 4 is 33.6 Å². The topological polar surface area (TPSA) is 125 Å². The number of amides is 2. The second-order valence-corrected chi connectivity index (χ2v) is 14.2. The van der Waals surface area contributed by atoms with Crippen LogP contribution in [0.5, 0.6) is 11.5 Å². The van der Waals surface area contributed by atoms with Crippen molar-refractivity contribution in [1.82, 2.24) is 19.7 Å². The van der Waals surface area contributed by atoms with Crippen LogP contribution in [-0.4, -0.2) is 95.8 Å². The predicted molar refractivity (Wildman–Crippen MR) is 217 cm³/mol. The first-order chi connectivity index (χ1) is 26.8. The van der Waals surface area contributed by atoms with E-state index in [-0.39, 0.29) is 42.7 Å². The van der Waals surface area contributed by atoms with E-state index in [2.05, 4.69) is 23.7 Å². The molecular formula is C43H52N4O7S. The molecule has 2 N–H and O–H groups in total. The van der Waals surface area contributed by atoms with E-state index < -0.39 is 6.09 Å². The Bertz CT molecular complexity index is 1960. The molecule has 4 aromatic carbocycles. The van der Waals surface area contributed by atoms with Crippen molar-refractivity contribution in [2.75, 3.05) is 59.0 Å². The molecule has 2 amide bonds. The van der Waals surface area contributed by atoms with Crippen LogP contribution in [-0.2, 0) is 40.3 Å². The summed E-state index contributed by atoms with van der Waals surface area (Å²) in [7, 11) is 0. The standard InChI is InChI=1S/C43H52N4O7S/c1-3-45(4-2)25-26-46(39(49)23-30-52-29-22-33-15-18-37(19-16-33)53-31-34-11-7-5-8-12-34)27-28-47(43(51)54-32-35-13-9-6-10-14-35)24-21-36-17-20-38(48)40-41(36)55-42(50)44-40/h5-20,48H,3-4,21-32H2,1-2H3,(H,44,50). The van der Waals surface area contributed by atoms with Gasteiger partial charge in [-0.3, -0.25) is 9.59 Å². The number of carbonyl (C=O) groups is 2. The number of aromatic hydroxyl groups is 1. The Balaban J connectivity index is 1.16. The number of benzene rings is 4. The summed E-state index contributed by atoms with van der Waals surface area (Å²) < 4.78 is 18.2. The Hall–Kier alpha value is -5.17. The van der Waals surface area contributed by atoms with Gasteiger partial charge < -0.3 is 39.0 Å². The summed E-state index contributed by atoms with van der Waals surface area (Å²) in [6, 6.07) is 30.8. The van der Waals surface area contributed by atoms with E-state index >= 15 is 0 Å². The molecule has 5 rings (SSSR count). The lowest BCUT2D eigenvalue weighted by Gasteiger charge is -2.29. The maximum atomic E-state index is 13.6. The zero-order chi connectivity index (χ0) is 38.8. The number of phenols is 1. The molecule has 1 heterocycles. The number of carbonyl (C=O) groups excluding carboxylic acids is 2. The molecule has 1 aromatic heterocycles. The van der Waals surface area contributed by atoms with Gasteiger partial charge in [-0.25, -0.2) is 4.79 Å². The van der Waals surface area contributed by atoms with Crippen molar-refractivity contribution in [3.05, 3.63) is 129 Å². The van der Waals surface area contributed by atoms with Crippen LogP contribution >= 0.6 is 11.3 Å². The third kappa shape index (κ3) is 13.0. The highest BCUT2D eigenvalue weighted by Gasteiger charge is 2.21. The number of hydrogen-bond acceptors (Lipinski definition) is 9. The van der Waals surface area contributed by atoms with Gasteiger partial charge in [0.1, 0.15) is 30.2 Å². The van der Waals surface area contributed by atoms with Crippen molar-refractivity contribution in [1.29, 1.82) is 0 Å². The molecule has 0 aliphatic heterocycles. The van der Waals surface area contributed by atoms with E-state index in [0.717, 1.165) is 52.4 Å². The average molecular weight is 769 g/mol. The minimum atomic E-state index is -0.489. The van der Waals surface area contributed by atoms with Crippen molar-refractivity contribution in [3.63, 3.8) is 0 Å². The van der Waals surface area contributed by atoms with Gasteiger partial charge in [0.2, 0.25) is 5.91 Å². The number of H-pyrrole nitrogens is 1. The van der Waals surface area contributed by atoms with Crippen molar-refractivity contribution in [2.45, 2.75) is 46.3 Å². The normalized spacial score (nSPS) is 11.2. The Morgan fingerprint density at radius 3 is 2.05 bits per heavy atom. The number of ether oxygens (including phenoxy) is 3. The monoisotopic (exact) mass is 768 g/mol. The molecule has 0 saturated heterocycles. The lowest BCUT2D eigenvalue weighted by molar-refractivity contribution is -0.132. The lowest BCUT2D eigenvalue weighted by atomic mass is 10.1. The molecular weight excluding hydrogens is 717 g/mol. The Morgan fingerprint density at radius 2 is 1.36 bits per heavy atom. The molecule has 0 spiro atoms. The molecule has 0 unspecified atom stereocenters. The van der Waals surface area contributed by atoms with Crippen molar-refractivity contribution in [3.8, 4) is 11.5 Å². The van der Waals surface area contributed by atoms with Crippen LogP contribution < -0.4 is 9.61 Å². The maximum absolute atomic E-state index is 13.6. The first-order valence-electron chi connectivity index (χ1n) is 19.0. The number of aromatic nitrogens is 1. The van der Waals surface area contributed by atoms with Gasteiger partial charge in [0.05, 0.1) is 24.3 Å². The first-order valence-corrected chi connectivity index (χ1v) is 19.8. The van der Waals surface area contributed by atoms with Crippen molar-refractivity contribution < 1.29 is 28.9 Å². The second kappa shape index (κ2) is 21.7. The molecule has 55 heavy (non-hydrogen) atoms. The van der Waals surface area contributed by atoms with Gasteiger partial charge >= 0.3 is 11.0 Å². The fourth-order valence-corrected chi connectivity index (χ4v) is 7.04. The largest absolute Gasteiger partial charge is 0.506 e. The van der Waals surface area contributed by atoms with Gasteiger partial charge in [0.15, 0.2) is 0 Å². The third-order valence-electron chi connectivity index (χ3n) is 9.49. The zero-order valence-corrected chi connectivity index (χ0v) is 32.6. The van der Waals surface area contributed by atoms with Gasteiger partial charge in [-0.15, -0.1) is 0 Å². The van der Waals surface area contributed by atoms with E-state index in [4.69, 9.17) is 14.2 Å². The van der Waals surface area contributed by atoms with Crippen LogP contribution in [0.1, 0.15) is 42.5 Å². The highest BCUT2D eigenvalue weighted by Crippen LogP contribution is 2.28. The SMILES string of the molecule is CCN(CC)CCN(CCN(CCc1ccc(O)c2[nH]c(=O)sc12)C(=O)OCc1ccccc1)C(=O)CCOCCc1ccc(OCc2ccccc2)cc1. The van der Waals surface area contributed by atoms with Crippen molar-refractivity contribution in [2.24, 2.45) is 0 Å². The Labute approximate surface area is 327 Å². The summed E-state index contributed by atoms with van der Waals surface area (Å²) in [5, 5.41) is 10.3. The van der Waals surface area contributed by atoms with Gasteiger partial charge in [-0.05, 0) is 66.4 Å². The van der Waals surface area contributed by atoms with Crippen LogP contribution in [0.25, 0.3) is 10.2 Å². The Morgan fingerprint density at radius 1 is 0.709 bits per heavy atom. The highest BCUT2D eigenvalue weighted by molar-refractivity contribution is 7.16. The molecule has 0 aliphatic carbocycles. The number of fused-ring (bicyclic) bond motifs is 1. The van der Waals surface area contributed by atoms with Crippen LogP contribution in [0.2, 0.25) is 0 Å². The van der Waals surface area contributed by atoms with Crippen LogP contribution in [0.15, 0.2) is 102 Å². The molecule has 11 nitrogen and oxygen atoms in total. The third-order valence-corrected chi connectivity index (χ3v) is 10.5. The molecule has 5 aromatic rings. The summed E-state index contributed by atoms with van der Waals surface area (Å²) in [4.78, 5) is 47.4. The fourth-order valence-electron chi connectivity index (χ4n) is 6.14. The van der Waals surface area contributed by atoms with Crippen LogP contribution in [0.4, 0.5) is 4.79 Å². The zero-order valence-electron chi connectivity index (χ0n) is 31.8. The molecule has 292 valence electrons. The van der Waals surface area contributed by atoms with Gasteiger partial charge in [0.25, 0.3) is 0 Å². The van der Waals surface area contributed by atoms with Gasteiger partial charge in [0, 0.05) is 32.7 Å². The summed E-state index contributed by atoms with van der Waals surface area (Å²) in [6.45, 7) is 9.43. The number of aromatic amines is 1. The number of thiazole rings is 1. The Kier molecular flexibility index (Phi) is 16.1. The summed E-state index contributed by atoms with van der Waals surface area (Å²) in [5.41, 5.74) is 4.33. The fraction of sp³-hybridized carbons (Fsp3) is 0.372. The second-order valence-electron chi connectivity index (χ2n) is 13.2. The summed E-state index contributed by atoms with van der Waals surface area (Å²) in [5.74, 6) is 0.770. The van der Waals surface area contributed by atoms with Gasteiger partial charge in [-0.1, -0.05) is 104 Å². The maximum Gasteiger partial charge on any atom is 0.410 e. The van der Waals surface area contributed by atoms with Crippen LogP contribution in [0.3, 0.4) is 0 Å². The molecule has 0 aliphatic rings. The summed E-state index contributed by atoms with van der Waals surface area (Å²) >= 11 is 1.03. The number of hydrogen-bond donors (Lipinski definition) is 2. The van der Waals surface area contributed by atoms with E-state index in [1.807, 2.05) is 89.8 Å². The number of phenolic OH excluding ortho intramolecular Hbond substituents is 1. The molecule has 12 heteroatoms. The number of nitrogens with one attached hydrogen (secondary N) is 1. The van der Waals surface area contributed by atoms with E-state index in [0.29, 0.717) is 62.5 Å². The molecule has 0 atom stereocenters. The molecule has 0 saturated carbocycles. The quantitative estimate of drug-likeness (QED) is 0.0732.